The van der Waals surface area contributed by atoms with Crippen molar-refractivity contribution in [3.63, 3.8) is 0 Å². The number of carboxylic acid groups (broad SMARTS) is 1. The van der Waals surface area contributed by atoms with Gasteiger partial charge in [-0.15, -0.1) is 15.3 Å². The van der Waals surface area contributed by atoms with Gasteiger partial charge >= 0.3 is 5.97 Å². The van der Waals surface area contributed by atoms with Gasteiger partial charge in [0.1, 0.15) is 0 Å². The summed E-state index contributed by atoms with van der Waals surface area (Å²) in [6.45, 7) is 4.75. The number of anilines is 1. The first-order valence-corrected chi connectivity index (χ1v) is 12.1. The molecule has 0 unspecified atom stereocenters. The van der Waals surface area contributed by atoms with E-state index in [9.17, 15) is 9.59 Å². The van der Waals surface area contributed by atoms with Crippen LogP contribution in [0.4, 0.5) is 11.4 Å². The third-order valence-corrected chi connectivity index (χ3v) is 5.75. The Morgan fingerprint density at radius 1 is 0.897 bits per heavy atom. The zero-order chi connectivity index (χ0) is 28.2. The van der Waals surface area contributed by atoms with E-state index in [2.05, 4.69) is 32.9 Å². The molecule has 10 nitrogen and oxygen atoms in total. The predicted octanol–water partition coefficient (Wildman–Crippen LogP) is 5.51. The number of nitrogens with one attached hydrogen (secondary N) is 1. The number of carbonyl (C=O) groups is 2. The summed E-state index contributed by atoms with van der Waals surface area (Å²) >= 11 is 0. The van der Waals surface area contributed by atoms with Gasteiger partial charge in [-0.25, -0.2) is 10.2 Å². The van der Waals surface area contributed by atoms with E-state index in [4.69, 9.17) is 15.6 Å². The molecule has 0 spiro atoms. The Labute approximate surface area is 226 Å². The molecule has 196 valence electrons. The molecule has 3 rings (SSSR count). The maximum absolute atomic E-state index is 12.7. The molecule has 0 radical (unpaired) electrons. The first-order valence-electron chi connectivity index (χ1n) is 12.1. The molecule has 0 heterocycles. The number of amides is 1. The number of amidine groups is 1. The molecule has 3 aromatic carbocycles. The molecule has 1 amide bonds. The van der Waals surface area contributed by atoms with Gasteiger partial charge in [-0.1, -0.05) is 17.7 Å². The molecule has 0 aromatic heterocycles. The molecule has 0 aliphatic rings. The van der Waals surface area contributed by atoms with E-state index in [0.717, 1.165) is 16.8 Å². The minimum absolute atomic E-state index is 0.122. The minimum atomic E-state index is -1.05. The fourth-order valence-corrected chi connectivity index (χ4v) is 3.62. The van der Waals surface area contributed by atoms with Crippen LogP contribution in [0.25, 0.3) is 0 Å². The topological polar surface area (TPSA) is 154 Å². The quantitative estimate of drug-likeness (QED) is 0.155. The first kappa shape index (κ1) is 28.2. The fraction of sp³-hybridized carbons (Fsp3) is 0.207. The Morgan fingerprint density at radius 3 is 2.08 bits per heavy atom. The van der Waals surface area contributed by atoms with Crippen LogP contribution in [-0.4, -0.2) is 35.9 Å². The number of azo groups is 1. The number of aromatic carboxylic acids is 1. The number of nitrogens with zero attached hydrogens (tertiary/aromatic N) is 6. The van der Waals surface area contributed by atoms with Gasteiger partial charge in [0.2, 0.25) is 5.84 Å². The molecule has 0 saturated heterocycles. The van der Waals surface area contributed by atoms with E-state index < -0.39 is 11.9 Å². The standard InChI is InChI=1S/C29H27N7O3/c1-20-5-7-22(8-6-20)28(37)35-34-27(33-32-24-11-9-23(10-12-24)29(38)39)26-14-13-25(19-21(26)2)36(17-3-15-30)18-4-16-31/h5-14,19H,3-4,17-18H2,1-2H3,(H,35,37)(H,38,39)/b33-32?,34-27-. The summed E-state index contributed by atoms with van der Waals surface area (Å²) in [5.74, 6) is -1.32. The van der Waals surface area contributed by atoms with Crippen molar-refractivity contribution >= 4 is 29.1 Å². The van der Waals surface area contributed by atoms with Crippen molar-refractivity contribution in [1.29, 1.82) is 10.5 Å². The highest BCUT2D eigenvalue weighted by Crippen LogP contribution is 2.22. The molecular weight excluding hydrogens is 494 g/mol. The zero-order valence-electron chi connectivity index (χ0n) is 21.6. The number of aryl methyl sites for hydroxylation is 2. The van der Waals surface area contributed by atoms with E-state index >= 15 is 0 Å². The number of nitriles is 2. The van der Waals surface area contributed by atoms with Crippen LogP contribution in [0.3, 0.4) is 0 Å². The smallest absolute Gasteiger partial charge is 0.335 e. The number of carbonyl (C=O) groups excluding carboxylic acids is 1. The van der Waals surface area contributed by atoms with Crippen molar-refractivity contribution in [2.24, 2.45) is 15.3 Å². The van der Waals surface area contributed by atoms with Gasteiger partial charge in [-0.05, 0) is 74.0 Å². The SMILES string of the molecule is Cc1ccc(C(=O)N/N=C(\N=Nc2ccc(C(=O)O)cc2)c2ccc(N(CCC#N)CCC#N)cc2C)cc1. The minimum Gasteiger partial charge on any atom is -0.478 e. The monoisotopic (exact) mass is 521 g/mol. The molecule has 39 heavy (non-hydrogen) atoms. The summed E-state index contributed by atoms with van der Waals surface area (Å²) in [5.41, 5.74) is 6.75. The van der Waals surface area contributed by atoms with Gasteiger partial charge < -0.3 is 10.0 Å². The number of hydrazone groups is 1. The Bertz CT molecular complexity index is 1450. The Balaban J connectivity index is 1.95. The summed E-state index contributed by atoms with van der Waals surface area (Å²) in [6.07, 6.45) is 0.637. The molecule has 2 N–H and O–H groups in total. The molecule has 0 fully saturated rings. The van der Waals surface area contributed by atoms with Crippen LogP contribution in [0, 0.1) is 36.5 Å². The zero-order valence-corrected chi connectivity index (χ0v) is 21.6. The highest BCUT2D eigenvalue weighted by molar-refractivity contribution is 6.02. The molecule has 0 aliphatic carbocycles. The first-order chi connectivity index (χ1) is 18.8. The van der Waals surface area contributed by atoms with Crippen LogP contribution in [0.15, 0.2) is 82.1 Å². The van der Waals surface area contributed by atoms with Crippen LogP contribution in [0.5, 0.6) is 0 Å². The van der Waals surface area contributed by atoms with Gasteiger partial charge in [0.05, 0.1) is 36.2 Å². The van der Waals surface area contributed by atoms with Crippen LogP contribution >= 0.6 is 0 Å². The summed E-state index contributed by atoms with van der Waals surface area (Å²) < 4.78 is 0. The van der Waals surface area contributed by atoms with Crippen molar-refractivity contribution in [2.75, 3.05) is 18.0 Å². The van der Waals surface area contributed by atoms with E-state index in [-0.39, 0.29) is 11.4 Å². The van der Waals surface area contributed by atoms with Gasteiger partial charge in [-0.2, -0.15) is 10.5 Å². The van der Waals surface area contributed by atoms with E-state index in [1.54, 1.807) is 18.2 Å². The average molecular weight is 522 g/mol. The second kappa shape index (κ2) is 13.8. The highest BCUT2D eigenvalue weighted by atomic mass is 16.4. The third kappa shape index (κ3) is 8.07. The normalized spacial score (nSPS) is 11.0. The van der Waals surface area contributed by atoms with Gasteiger partial charge in [0, 0.05) is 29.9 Å². The summed E-state index contributed by atoms with van der Waals surface area (Å²) in [7, 11) is 0. The molecule has 0 saturated carbocycles. The molecule has 0 atom stereocenters. The van der Waals surface area contributed by atoms with Crippen molar-refractivity contribution < 1.29 is 14.7 Å². The molecule has 0 bridgehead atoms. The van der Waals surface area contributed by atoms with E-state index in [1.807, 2.05) is 43.0 Å². The van der Waals surface area contributed by atoms with Gasteiger partial charge in [0.15, 0.2) is 0 Å². The van der Waals surface area contributed by atoms with Gasteiger partial charge in [0.25, 0.3) is 5.91 Å². The van der Waals surface area contributed by atoms with Crippen molar-refractivity contribution in [2.45, 2.75) is 26.7 Å². The Hall–Kier alpha value is -5.35. The predicted molar refractivity (Wildman–Crippen MR) is 147 cm³/mol. The number of hydrogen-bond acceptors (Lipinski definition) is 7. The second-order valence-electron chi connectivity index (χ2n) is 8.60. The maximum Gasteiger partial charge on any atom is 0.335 e. The number of rotatable bonds is 10. The van der Waals surface area contributed by atoms with Crippen LogP contribution in [0.2, 0.25) is 0 Å². The Kier molecular flexibility index (Phi) is 10.0. The second-order valence-corrected chi connectivity index (χ2v) is 8.60. The Morgan fingerprint density at radius 2 is 1.51 bits per heavy atom. The van der Waals surface area contributed by atoms with Crippen LogP contribution < -0.4 is 10.3 Å². The molecule has 0 aliphatic heterocycles. The molecule has 3 aromatic rings. The van der Waals surface area contributed by atoms with E-state index in [1.165, 1.54) is 24.3 Å². The average Bonchev–Trinajstić information content (AvgIpc) is 2.94. The van der Waals surface area contributed by atoms with E-state index in [0.29, 0.717) is 42.7 Å². The van der Waals surface area contributed by atoms with Crippen molar-refractivity contribution in [1.82, 2.24) is 5.43 Å². The lowest BCUT2D eigenvalue weighted by Crippen LogP contribution is -2.25. The highest BCUT2D eigenvalue weighted by Gasteiger charge is 2.13. The lowest BCUT2D eigenvalue weighted by molar-refractivity contribution is 0.0696. The summed E-state index contributed by atoms with van der Waals surface area (Å²) in [5, 5.41) is 39.8. The van der Waals surface area contributed by atoms with Gasteiger partial charge in [-0.3, -0.25) is 4.79 Å². The van der Waals surface area contributed by atoms with Crippen LogP contribution in [-0.2, 0) is 0 Å². The molecule has 10 heteroatoms. The summed E-state index contributed by atoms with van der Waals surface area (Å²) in [6, 6.07) is 22.7. The fourth-order valence-electron chi connectivity index (χ4n) is 3.62. The number of hydrogen-bond donors (Lipinski definition) is 2. The number of benzene rings is 3. The molecular formula is C29H27N7O3. The van der Waals surface area contributed by atoms with Crippen molar-refractivity contribution in [3.05, 3.63) is 94.5 Å². The van der Waals surface area contributed by atoms with Crippen molar-refractivity contribution in [3.8, 4) is 12.1 Å². The third-order valence-electron chi connectivity index (χ3n) is 5.75. The van der Waals surface area contributed by atoms with Crippen LogP contribution in [0.1, 0.15) is 50.2 Å². The maximum atomic E-state index is 12.7. The largest absolute Gasteiger partial charge is 0.478 e. The summed E-state index contributed by atoms with van der Waals surface area (Å²) in [4.78, 5) is 25.8. The lowest BCUT2D eigenvalue weighted by Gasteiger charge is -2.23. The lowest BCUT2D eigenvalue weighted by atomic mass is 10.1. The number of carboxylic acids is 1.